The fraction of sp³-hybridized carbons (Fsp3) is 0.0909. The van der Waals surface area contributed by atoms with Crippen molar-refractivity contribution in [3.8, 4) is 0 Å². The summed E-state index contributed by atoms with van der Waals surface area (Å²) in [5, 5.41) is 15.5. The van der Waals surface area contributed by atoms with Gasteiger partial charge in [-0.15, -0.1) is 6.58 Å². The third-order valence-corrected chi connectivity index (χ3v) is 1.89. The summed E-state index contributed by atoms with van der Waals surface area (Å²) in [5.41, 5.74) is 6.19. The Hall–Kier alpha value is -2.30. The Bertz CT molecular complexity index is 487. The average molecular weight is 219 g/mol. The number of para-hydroxylation sites is 1. The third kappa shape index (κ3) is 3.13. The molecule has 0 saturated heterocycles. The number of carbonyl (C=O) groups is 1. The molecule has 1 aromatic heterocycles. The highest BCUT2D eigenvalue weighted by Crippen LogP contribution is 2.15. The van der Waals surface area contributed by atoms with Gasteiger partial charge in [0.05, 0.1) is 5.52 Å². The van der Waals surface area contributed by atoms with E-state index in [1.807, 2.05) is 24.3 Å². The zero-order chi connectivity index (χ0) is 12.0. The Labute approximate surface area is 92.6 Å². The molecule has 0 atom stereocenters. The number of primary amides is 1. The van der Waals surface area contributed by atoms with Crippen molar-refractivity contribution in [2.45, 2.75) is 6.42 Å². The van der Waals surface area contributed by atoms with E-state index >= 15 is 0 Å². The highest BCUT2D eigenvalue weighted by atomic mass is 16.4. The third-order valence-electron chi connectivity index (χ3n) is 1.89. The van der Waals surface area contributed by atoms with Crippen molar-refractivity contribution in [1.29, 1.82) is 0 Å². The molecule has 84 valence electrons. The predicted octanol–water partition coefficient (Wildman–Crippen LogP) is 1.91. The molecule has 0 fully saturated rings. The second kappa shape index (κ2) is 5.55. The first-order chi connectivity index (χ1) is 7.65. The molecule has 1 aromatic carbocycles. The number of nitrogens with zero attached hydrogens (tertiary/aromatic N) is 1. The highest BCUT2D eigenvalue weighted by molar-refractivity contribution is 5.81. The van der Waals surface area contributed by atoms with Crippen LogP contribution in [0.2, 0.25) is 0 Å². The Morgan fingerprint density at radius 1 is 1.56 bits per heavy atom. The fourth-order valence-electron chi connectivity index (χ4n) is 1.31. The number of aromatic nitrogens is 2. The van der Waals surface area contributed by atoms with Crippen LogP contribution in [0.1, 0.15) is 5.69 Å². The first-order valence-electron chi connectivity index (χ1n) is 4.66. The normalized spacial score (nSPS) is 9.25. The van der Waals surface area contributed by atoms with Gasteiger partial charge in [0.1, 0.15) is 0 Å². The number of H-pyrrole nitrogens is 1. The number of rotatable bonds is 2. The summed E-state index contributed by atoms with van der Waals surface area (Å²) in [7, 11) is 0. The lowest BCUT2D eigenvalue weighted by atomic mass is 10.2. The maximum Gasteiger partial charge on any atom is 0.402 e. The Morgan fingerprint density at radius 3 is 2.81 bits per heavy atom. The summed E-state index contributed by atoms with van der Waals surface area (Å²) < 4.78 is 0. The summed E-state index contributed by atoms with van der Waals surface area (Å²) in [6.07, 6.45) is 1.39. The summed E-state index contributed by atoms with van der Waals surface area (Å²) in [6.45, 7) is 3.69. The van der Waals surface area contributed by atoms with E-state index in [0.29, 0.717) is 0 Å². The molecule has 0 bridgehead atoms. The molecule has 0 aliphatic heterocycles. The number of carboxylic acid groups (broad SMARTS) is 1. The van der Waals surface area contributed by atoms with Gasteiger partial charge in [-0.1, -0.05) is 24.3 Å². The largest absolute Gasteiger partial charge is 0.465 e. The Balaban J connectivity index is 0.000000280. The quantitative estimate of drug-likeness (QED) is 0.673. The number of nitrogens with one attached hydrogen (secondary N) is 1. The van der Waals surface area contributed by atoms with Crippen LogP contribution in [0.3, 0.4) is 0 Å². The zero-order valence-corrected chi connectivity index (χ0v) is 8.68. The standard InChI is InChI=1S/C10H10N2.CH3NO2/c1-2-5-9-8-6-3-4-7-10(8)12-11-9;2-1(3)4/h2-4,6-7H,1,5H2,(H,11,12);2H2,(H,3,4). The lowest BCUT2D eigenvalue weighted by molar-refractivity contribution is 0.205. The van der Waals surface area contributed by atoms with Crippen LogP contribution in [0.4, 0.5) is 4.79 Å². The van der Waals surface area contributed by atoms with Gasteiger partial charge in [-0.25, -0.2) is 4.79 Å². The first-order valence-corrected chi connectivity index (χ1v) is 4.66. The average Bonchev–Trinajstić information content (AvgIpc) is 2.62. The summed E-state index contributed by atoms with van der Waals surface area (Å²) in [4.78, 5) is 8.78. The highest BCUT2D eigenvalue weighted by Gasteiger charge is 2.00. The molecule has 2 aromatic rings. The molecule has 2 rings (SSSR count). The van der Waals surface area contributed by atoms with Gasteiger partial charge in [0.2, 0.25) is 0 Å². The fourth-order valence-corrected chi connectivity index (χ4v) is 1.31. The smallest absolute Gasteiger partial charge is 0.402 e. The van der Waals surface area contributed by atoms with Crippen LogP contribution in [-0.2, 0) is 6.42 Å². The molecule has 0 unspecified atom stereocenters. The van der Waals surface area contributed by atoms with Gasteiger partial charge >= 0.3 is 6.09 Å². The monoisotopic (exact) mass is 219 g/mol. The minimum Gasteiger partial charge on any atom is -0.465 e. The van der Waals surface area contributed by atoms with Crippen LogP contribution < -0.4 is 5.73 Å². The molecule has 0 radical (unpaired) electrons. The molecule has 5 nitrogen and oxygen atoms in total. The van der Waals surface area contributed by atoms with Gasteiger partial charge in [-0.2, -0.15) is 5.10 Å². The molecule has 0 spiro atoms. The molecular weight excluding hydrogens is 206 g/mol. The molecule has 1 heterocycles. The van der Waals surface area contributed by atoms with Crippen molar-refractivity contribution >= 4 is 17.0 Å². The first kappa shape index (κ1) is 11.8. The van der Waals surface area contributed by atoms with Crippen LogP contribution in [0, 0.1) is 0 Å². The van der Waals surface area contributed by atoms with E-state index in [1.54, 1.807) is 0 Å². The number of nitrogens with two attached hydrogens (primary N) is 1. The van der Waals surface area contributed by atoms with Gasteiger partial charge in [0.25, 0.3) is 0 Å². The molecule has 16 heavy (non-hydrogen) atoms. The second-order valence-electron chi connectivity index (χ2n) is 3.05. The van der Waals surface area contributed by atoms with E-state index in [2.05, 4.69) is 28.6 Å². The zero-order valence-electron chi connectivity index (χ0n) is 8.68. The number of fused-ring (bicyclic) bond motifs is 1. The predicted molar refractivity (Wildman–Crippen MR) is 62.2 cm³/mol. The van der Waals surface area contributed by atoms with Gasteiger partial charge in [-0.3, -0.25) is 5.10 Å². The van der Waals surface area contributed by atoms with E-state index in [0.717, 1.165) is 17.6 Å². The van der Waals surface area contributed by atoms with Crippen molar-refractivity contribution in [1.82, 2.24) is 10.2 Å². The van der Waals surface area contributed by atoms with Gasteiger partial charge in [0, 0.05) is 17.5 Å². The van der Waals surface area contributed by atoms with Gasteiger partial charge in [0.15, 0.2) is 0 Å². The van der Waals surface area contributed by atoms with Crippen molar-refractivity contribution < 1.29 is 9.90 Å². The summed E-state index contributed by atoms with van der Waals surface area (Å²) in [5.74, 6) is 0. The molecule has 0 saturated carbocycles. The van der Waals surface area contributed by atoms with Crippen LogP contribution in [0.15, 0.2) is 36.9 Å². The van der Waals surface area contributed by atoms with Crippen LogP contribution >= 0.6 is 0 Å². The number of aromatic amines is 1. The molecule has 1 amide bonds. The molecule has 0 aliphatic rings. The van der Waals surface area contributed by atoms with Crippen molar-refractivity contribution in [3.63, 3.8) is 0 Å². The number of amides is 1. The van der Waals surface area contributed by atoms with E-state index in [9.17, 15) is 0 Å². The van der Waals surface area contributed by atoms with E-state index in [1.165, 1.54) is 5.39 Å². The maximum absolute atomic E-state index is 8.78. The van der Waals surface area contributed by atoms with Crippen molar-refractivity contribution in [2.24, 2.45) is 5.73 Å². The summed E-state index contributed by atoms with van der Waals surface area (Å²) in [6, 6.07) is 8.07. The second-order valence-corrected chi connectivity index (χ2v) is 3.05. The maximum atomic E-state index is 8.78. The SMILES string of the molecule is C=CCc1[nH]nc2ccccc12.NC(=O)O. The minimum atomic E-state index is -1.33. The Kier molecular flexibility index (Phi) is 4.08. The topological polar surface area (TPSA) is 92.0 Å². The van der Waals surface area contributed by atoms with Crippen molar-refractivity contribution in [3.05, 3.63) is 42.6 Å². The van der Waals surface area contributed by atoms with Gasteiger partial charge < -0.3 is 10.8 Å². The van der Waals surface area contributed by atoms with Crippen LogP contribution in [0.25, 0.3) is 10.9 Å². The Morgan fingerprint density at radius 2 is 2.19 bits per heavy atom. The van der Waals surface area contributed by atoms with E-state index in [-0.39, 0.29) is 0 Å². The molecule has 4 N–H and O–H groups in total. The number of allylic oxidation sites excluding steroid dienone is 1. The van der Waals surface area contributed by atoms with E-state index < -0.39 is 6.09 Å². The van der Waals surface area contributed by atoms with Crippen LogP contribution in [0.5, 0.6) is 0 Å². The van der Waals surface area contributed by atoms with Crippen molar-refractivity contribution in [2.75, 3.05) is 0 Å². The number of hydrogen-bond donors (Lipinski definition) is 3. The molecule has 0 aliphatic carbocycles. The summed E-state index contributed by atoms with van der Waals surface area (Å²) >= 11 is 0. The molecule has 5 heteroatoms. The minimum absolute atomic E-state index is 0.848. The van der Waals surface area contributed by atoms with E-state index in [4.69, 9.17) is 9.90 Å². The number of benzene rings is 1. The lowest BCUT2D eigenvalue weighted by Gasteiger charge is -1.90. The molecular formula is C11H13N3O2. The number of hydrogen-bond acceptors (Lipinski definition) is 2. The lowest BCUT2D eigenvalue weighted by Crippen LogP contribution is -2.03. The van der Waals surface area contributed by atoms with Gasteiger partial charge in [-0.05, 0) is 6.07 Å². The van der Waals surface area contributed by atoms with Crippen LogP contribution in [-0.4, -0.2) is 21.4 Å².